The summed E-state index contributed by atoms with van der Waals surface area (Å²) in [6.07, 6.45) is 59.2. The van der Waals surface area contributed by atoms with Crippen LogP contribution in [0.5, 0.6) is 0 Å². The van der Waals surface area contributed by atoms with Gasteiger partial charge in [-0.1, -0.05) is 221 Å². The van der Waals surface area contributed by atoms with Crippen LogP contribution in [0.1, 0.15) is 226 Å². The molecule has 0 aliphatic carbocycles. The third-order valence-electron chi connectivity index (χ3n) is 12.3. The smallest absolute Gasteiger partial charge is 0.463 e. The third-order valence-corrected chi connectivity index (χ3v) is 14.2. The molecule has 4 N–H and O–H groups in total. The van der Waals surface area contributed by atoms with Crippen LogP contribution >= 0.6 is 15.6 Å². The number of phosphoric ester groups is 2. The Kier molecular flexibility index (Phi) is 54.4. The van der Waals surface area contributed by atoms with Gasteiger partial charge in [-0.3, -0.25) is 32.5 Å². The Morgan fingerprint density at radius 1 is 0.358 bits per heavy atom. The van der Waals surface area contributed by atoms with E-state index < -0.39 is 91.5 Å². The third kappa shape index (κ3) is 58.1. The van der Waals surface area contributed by atoms with Crippen LogP contribution < -0.4 is 0 Å². The van der Waals surface area contributed by atoms with Crippen molar-refractivity contribution < 1.29 is 75.8 Å². The van der Waals surface area contributed by atoms with Gasteiger partial charge in [0.25, 0.3) is 0 Å². The molecular weight excluding hydrogens is 1070 g/mol. The van der Waals surface area contributed by atoms with Crippen LogP contribution in [0, 0.1) is 0 Å². The highest BCUT2D eigenvalue weighted by atomic mass is 31.2. The number of esters is 3. The van der Waals surface area contributed by atoms with Crippen LogP contribution in [0.15, 0.2) is 97.2 Å². The summed E-state index contributed by atoms with van der Waals surface area (Å²) in [5.74, 6) is -1.67. The summed E-state index contributed by atoms with van der Waals surface area (Å²) in [5, 5.41) is 20.4. The molecule has 0 amide bonds. The standard InChI is InChI=1S/C63H108O16P2/c1-4-7-10-13-16-19-22-25-26-27-28-29-30-33-35-37-40-43-46-49-61(66)73-52-58(64)53-75-80(69,70)76-54-59(65)55-77-81(71,72)78-57-60(79-63(68)51-48-45-42-39-36-32-24-21-18-15-12-9-6-3)56-74-62(67)50-47-44-41-38-34-31-23-20-17-14-11-8-5-2/h7,10-11,14,16,19-20,23,25-26,28-29,33,35,40,43,58-60,64-65H,4-6,8-9,12-13,15,17-18,21-22,24,27,30-32,34,36-39,41-42,44-57H2,1-3H3,(H,69,70)(H,71,72)/b10-7-,14-11-,19-16-,23-20-,26-25-,29-28-,35-33-,43-40-. The van der Waals surface area contributed by atoms with E-state index >= 15 is 0 Å². The highest BCUT2D eigenvalue weighted by molar-refractivity contribution is 7.47. The van der Waals surface area contributed by atoms with Crippen LogP contribution in [0.4, 0.5) is 0 Å². The SMILES string of the molecule is CC/C=C\C/C=C\C/C=C\C/C=C\C/C=C\C/C=C\CCC(=O)OCC(O)COP(=O)(O)OCC(O)COP(=O)(O)OCC(COC(=O)CCCCCCC/C=C\C/C=C\CCC)OC(=O)CCCCCCCCCCCCCCC. The first-order valence-electron chi connectivity index (χ1n) is 30.5. The van der Waals surface area contributed by atoms with Crippen LogP contribution in [0.3, 0.4) is 0 Å². The first kappa shape index (κ1) is 77.5. The van der Waals surface area contributed by atoms with Crippen LogP contribution in [-0.2, 0) is 55.8 Å². The number of carbonyl (C=O) groups excluding carboxylic acids is 3. The second-order valence-corrected chi connectivity index (χ2v) is 23.0. The Labute approximate surface area is 488 Å². The molecule has 0 bridgehead atoms. The summed E-state index contributed by atoms with van der Waals surface area (Å²) in [7, 11) is -9.78. The molecule has 0 heterocycles. The van der Waals surface area contributed by atoms with E-state index in [2.05, 4.69) is 99.8 Å². The first-order valence-corrected chi connectivity index (χ1v) is 33.5. The number of aliphatic hydroxyl groups is 2. The maximum atomic E-state index is 12.8. The van der Waals surface area contributed by atoms with Crippen LogP contribution in [-0.4, -0.2) is 95.9 Å². The van der Waals surface area contributed by atoms with E-state index in [1.54, 1.807) is 0 Å². The minimum absolute atomic E-state index is 0.0590. The maximum Gasteiger partial charge on any atom is 0.472 e. The van der Waals surface area contributed by atoms with Gasteiger partial charge in [0.2, 0.25) is 0 Å². The number of unbranched alkanes of at least 4 members (excludes halogenated alkanes) is 18. The van der Waals surface area contributed by atoms with E-state index in [-0.39, 0.29) is 19.3 Å². The summed E-state index contributed by atoms with van der Waals surface area (Å²) < 4.78 is 60.5. The number of ether oxygens (including phenoxy) is 3. The number of rotatable bonds is 57. The minimum atomic E-state index is -4.92. The predicted molar refractivity (Wildman–Crippen MR) is 325 cm³/mol. The molecular formula is C63H108O16P2. The number of hydrogen-bond donors (Lipinski definition) is 4. The van der Waals surface area contributed by atoms with Gasteiger partial charge in [0.05, 0.1) is 26.4 Å². The molecule has 0 rings (SSSR count). The lowest BCUT2D eigenvalue weighted by Crippen LogP contribution is -2.30. The number of aliphatic hydroxyl groups excluding tert-OH is 2. The van der Waals surface area contributed by atoms with Crippen molar-refractivity contribution in [2.24, 2.45) is 0 Å². The van der Waals surface area contributed by atoms with Crippen molar-refractivity contribution in [2.45, 2.75) is 245 Å². The molecule has 0 saturated carbocycles. The number of hydrogen-bond acceptors (Lipinski definition) is 14. The fourth-order valence-electron chi connectivity index (χ4n) is 7.63. The molecule has 0 aliphatic rings. The van der Waals surface area contributed by atoms with Gasteiger partial charge in [0, 0.05) is 19.3 Å². The van der Waals surface area contributed by atoms with Gasteiger partial charge in [0.1, 0.15) is 25.4 Å². The van der Waals surface area contributed by atoms with Gasteiger partial charge in [-0.25, -0.2) is 9.13 Å². The molecule has 0 radical (unpaired) electrons. The fraction of sp³-hybridized carbons (Fsp3) is 0.698. The number of carbonyl (C=O) groups is 3. The molecule has 0 aromatic carbocycles. The van der Waals surface area contributed by atoms with E-state index in [0.717, 1.165) is 109 Å². The zero-order chi connectivity index (χ0) is 59.6. The van der Waals surface area contributed by atoms with Gasteiger partial charge < -0.3 is 34.2 Å². The summed E-state index contributed by atoms with van der Waals surface area (Å²) in [4.78, 5) is 58.0. The van der Waals surface area contributed by atoms with Gasteiger partial charge in [-0.2, -0.15) is 0 Å². The van der Waals surface area contributed by atoms with Crippen molar-refractivity contribution in [3.05, 3.63) is 97.2 Å². The van der Waals surface area contributed by atoms with E-state index in [9.17, 15) is 43.5 Å². The monoisotopic (exact) mass is 1180 g/mol. The van der Waals surface area contributed by atoms with Gasteiger partial charge in [-0.15, -0.1) is 0 Å². The minimum Gasteiger partial charge on any atom is -0.463 e. The molecule has 0 aromatic rings. The van der Waals surface area contributed by atoms with Crippen molar-refractivity contribution in [1.29, 1.82) is 0 Å². The van der Waals surface area contributed by atoms with E-state index in [1.807, 2.05) is 18.2 Å². The van der Waals surface area contributed by atoms with Crippen molar-refractivity contribution in [3.63, 3.8) is 0 Å². The Bertz CT molecular complexity index is 1870. The number of allylic oxidation sites excluding steroid dienone is 16. The molecule has 0 spiro atoms. The Morgan fingerprint density at radius 2 is 0.704 bits per heavy atom. The van der Waals surface area contributed by atoms with E-state index in [4.69, 9.17) is 32.3 Å². The summed E-state index contributed by atoms with van der Waals surface area (Å²) >= 11 is 0. The lowest BCUT2D eigenvalue weighted by molar-refractivity contribution is -0.161. The van der Waals surface area contributed by atoms with Crippen molar-refractivity contribution in [2.75, 3.05) is 39.6 Å². The van der Waals surface area contributed by atoms with Crippen molar-refractivity contribution >= 4 is 33.6 Å². The molecule has 5 unspecified atom stereocenters. The first-order chi connectivity index (χ1) is 39.2. The largest absolute Gasteiger partial charge is 0.472 e. The zero-order valence-electron chi connectivity index (χ0n) is 49.9. The van der Waals surface area contributed by atoms with Crippen molar-refractivity contribution in [1.82, 2.24) is 0 Å². The average Bonchev–Trinajstić information content (AvgIpc) is 3.45. The van der Waals surface area contributed by atoms with E-state index in [1.165, 1.54) is 51.4 Å². The summed E-state index contributed by atoms with van der Waals surface area (Å²) in [6.45, 7) is 2.36. The lowest BCUT2D eigenvalue weighted by Gasteiger charge is -2.21. The Hall–Kier alpha value is -3.53. The summed E-state index contributed by atoms with van der Waals surface area (Å²) in [5.41, 5.74) is 0. The second kappa shape index (κ2) is 56.9. The molecule has 0 fully saturated rings. The zero-order valence-corrected chi connectivity index (χ0v) is 51.7. The fourth-order valence-corrected chi connectivity index (χ4v) is 9.22. The Balaban J connectivity index is 4.70. The normalized spacial score (nSPS) is 15.1. The Morgan fingerprint density at radius 3 is 1.16 bits per heavy atom. The summed E-state index contributed by atoms with van der Waals surface area (Å²) in [6, 6.07) is 0. The topological polar surface area (TPSA) is 231 Å². The predicted octanol–water partition coefficient (Wildman–Crippen LogP) is 16.0. The van der Waals surface area contributed by atoms with Gasteiger partial charge in [-0.05, 0) is 83.5 Å². The van der Waals surface area contributed by atoms with Gasteiger partial charge >= 0.3 is 33.6 Å². The van der Waals surface area contributed by atoms with Gasteiger partial charge in [0.15, 0.2) is 6.10 Å². The molecule has 5 atom stereocenters. The molecule has 0 aliphatic heterocycles. The number of phosphoric acid groups is 2. The molecule has 0 aromatic heterocycles. The maximum absolute atomic E-state index is 12.8. The molecule has 0 saturated heterocycles. The molecule has 18 heteroatoms. The van der Waals surface area contributed by atoms with Crippen molar-refractivity contribution in [3.8, 4) is 0 Å². The van der Waals surface area contributed by atoms with Crippen LogP contribution in [0.2, 0.25) is 0 Å². The lowest BCUT2D eigenvalue weighted by atomic mass is 10.0. The average molecular weight is 1180 g/mol. The molecule has 466 valence electrons. The highest BCUT2D eigenvalue weighted by Crippen LogP contribution is 2.45. The molecule has 16 nitrogen and oxygen atoms in total. The van der Waals surface area contributed by atoms with Crippen LogP contribution in [0.25, 0.3) is 0 Å². The highest BCUT2D eigenvalue weighted by Gasteiger charge is 2.29. The quantitative estimate of drug-likeness (QED) is 0.0146. The molecule has 81 heavy (non-hydrogen) atoms. The van der Waals surface area contributed by atoms with E-state index in [0.29, 0.717) is 25.7 Å². The second-order valence-electron chi connectivity index (χ2n) is 20.1.